The molecule has 6 nitrogen and oxygen atoms in total. The molecule has 0 saturated carbocycles. The van der Waals surface area contributed by atoms with Crippen LogP contribution in [0.5, 0.6) is 0 Å². The summed E-state index contributed by atoms with van der Waals surface area (Å²) >= 11 is 0. The minimum absolute atomic E-state index is 0.117. The number of benzene rings is 2. The summed E-state index contributed by atoms with van der Waals surface area (Å²) in [5.74, 6) is -1.21. The van der Waals surface area contributed by atoms with Crippen LogP contribution in [0.1, 0.15) is 21.6 Å². The Morgan fingerprint density at radius 3 is 2.56 bits per heavy atom. The lowest BCUT2D eigenvalue weighted by Gasteiger charge is -2.08. The zero-order chi connectivity index (χ0) is 17.6. The maximum atomic E-state index is 12.4. The third-order valence-electron chi connectivity index (χ3n) is 4.24. The fraction of sp³-hybridized carbons (Fsp3) is 0.0556. The highest BCUT2D eigenvalue weighted by atomic mass is 32.2. The quantitative estimate of drug-likeness (QED) is 0.524. The number of hydrogen-bond donors (Lipinski definition) is 3. The first-order chi connectivity index (χ1) is 11.9. The molecule has 0 unspecified atom stereocenters. The molecule has 0 fully saturated rings. The first-order valence-electron chi connectivity index (χ1n) is 7.60. The monoisotopic (exact) mass is 354 g/mol. The van der Waals surface area contributed by atoms with Crippen molar-refractivity contribution in [3.8, 4) is 11.1 Å². The van der Waals surface area contributed by atoms with E-state index < -0.39 is 16.0 Å². The minimum Gasteiger partial charge on any atom is -0.477 e. The van der Waals surface area contributed by atoms with Crippen molar-refractivity contribution < 1.29 is 18.3 Å². The number of H-pyrrole nitrogens is 1. The zero-order valence-corrected chi connectivity index (χ0v) is 13.8. The average molecular weight is 354 g/mol. The van der Waals surface area contributed by atoms with Crippen molar-refractivity contribution in [3.63, 3.8) is 0 Å². The van der Waals surface area contributed by atoms with Gasteiger partial charge in [-0.1, -0.05) is 30.3 Å². The van der Waals surface area contributed by atoms with E-state index in [1.54, 1.807) is 6.07 Å². The van der Waals surface area contributed by atoms with E-state index in [4.69, 9.17) is 5.11 Å². The van der Waals surface area contributed by atoms with Crippen LogP contribution in [0.2, 0.25) is 0 Å². The van der Waals surface area contributed by atoms with E-state index in [1.807, 2.05) is 24.3 Å². The van der Waals surface area contributed by atoms with E-state index in [0.717, 1.165) is 29.8 Å². The number of aromatic carboxylic acids is 1. The molecule has 1 aliphatic rings. The molecule has 0 radical (unpaired) electrons. The molecule has 2 aromatic carbocycles. The zero-order valence-electron chi connectivity index (χ0n) is 13.0. The third-order valence-corrected chi connectivity index (χ3v) is 5.60. The van der Waals surface area contributed by atoms with E-state index in [2.05, 4.69) is 21.8 Å². The maximum Gasteiger partial charge on any atom is 0.352 e. The summed E-state index contributed by atoms with van der Waals surface area (Å²) in [6, 6.07) is 14.6. The number of fused-ring (bicyclic) bond motifs is 3. The van der Waals surface area contributed by atoms with Crippen LogP contribution in [-0.2, 0) is 16.4 Å². The Morgan fingerprint density at radius 2 is 1.80 bits per heavy atom. The Bertz CT molecular complexity index is 1100. The number of aromatic nitrogens is 1. The van der Waals surface area contributed by atoms with Crippen molar-refractivity contribution in [2.75, 3.05) is 4.72 Å². The molecule has 3 N–H and O–H groups in total. The molecule has 1 heterocycles. The van der Waals surface area contributed by atoms with Gasteiger partial charge in [0, 0.05) is 11.9 Å². The molecule has 126 valence electrons. The summed E-state index contributed by atoms with van der Waals surface area (Å²) in [6.45, 7) is 0. The predicted octanol–water partition coefficient (Wildman–Crippen LogP) is 3.08. The first kappa shape index (κ1) is 15.5. The molecule has 0 aliphatic heterocycles. The second-order valence-electron chi connectivity index (χ2n) is 5.87. The lowest BCUT2D eigenvalue weighted by atomic mass is 10.1. The molecule has 0 amide bonds. The van der Waals surface area contributed by atoms with Crippen LogP contribution >= 0.6 is 0 Å². The number of sulfonamides is 1. The van der Waals surface area contributed by atoms with Gasteiger partial charge in [0.1, 0.15) is 10.6 Å². The Morgan fingerprint density at radius 1 is 1.04 bits per heavy atom. The van der Waals surface area contributed by atoms with Gasteiger partial charge in [0.2, 0.25) is 0 Å². The average Bonchev–Trinajstić information content (AvgIpc) is 3.19. The molecule has 4 rings (SSSR count). The Kier molecular flexibility index (Phi) is 3.40. The van der Waals surface area contributed by atoms with Crippen LogP contribution in [0, 0.1) is 0 Å². The predicted molar refractivity (Wildman–Crippen MR) is 93.2 cm³/mol. The lowest BCUT2D eigenvalue weighted by molar-refractivity contribution is 0.0691. The normalized spacial score (nSPS) is 12.5. The van der Waals surface area contributed by atoms with Gasteiger partial charge in [0.25, 0.3) is 10.0 Å². The Hall–Kier alpha value is -3.06. The molecule has 0 bridgehead atoms. The van der Waals surface area contributed by atoms with Crippen LogP contribution in [0.4, 0.5) is 5.69 Å². The minimum atomic E-state index is -3.86. The summed E-state index contributed by atoms with van der Waals surface area (Å²) < 4.78 is 27.4. The fourth-order valence-electron chi connectivity index (χ4n) is 3.08. The molecule has 0 saturated heterocycles. The number of rotatable bonds is 4. The van der Waals surface area contributed by atoms with E-state index in [9.17, 15) is 13.2 Å². The molecule has 0 spiro atoms. The molecular formula is C18H14N2O4S. The molecule has 1 aromatic heterocycles. The third kappa shape index (κ3) is 2.68. The number of nitrogens with one attached hydrogen (secondary N) is 2. The van der Waals surface area contributed by atoms with Gasteiger partial charge in [0.15, 0.2) is 0 Å². The summed E-state index contributed by atoms with van der Waals surface area (Å²) in [6.07, 6.45) is 1.92. The molecule has 3 aromatic rings. The molecule has 25 heavy (non-hydrogen) atoms. The highest BCUT2D eigenvalue weighted by Gasteiger charge is 2.21. The van der Waals surface area contributed by atoms with E-state index in [-0.39, 0.29) is 10.6 Å². The van der Waals surface area contributed by atoms with Gasteiger partial charge in [0.05, 0.1) is 0 Å². The van der Waals surface area contributed by atoms with Gasteiger partial charge in [-0.15, -0.1) is 0 Å². The first-order valence-corrected chi connectivity index (χ1v) is 9.08. The van der Waals surface area contributed by atoms with Crippen molar-refractivity contribution in [2.45, 2.75) is 11.3 Å². The van der Waals surface area contributed by atoms with Crippen LogP contribution in [0.3, 0.4) is 0 Å². The van der Waals surface area contributed by atoms with Crippen LogP contribution in [0.15, 0.2) is 59.6 Å². The van der Waals surface area contributed by atoms with Gasteiger partial charge in [-0.25, -0.2) is 13.2 Å². The fourth-order valence-corrected chi connectivity index (χ4v) is 4.12. The molecule has 7 heteroatoms. The van der Waals surface area contributed by atoms with Crippen LogP contribution in [0.25, 0.3) is 11.1 Å². The molecule has 1 aliphatic carbocycles. The second-order valence-corrected chi connectivity index (χ2v) is 7.55. The van der Waals surface area contributed by atoms with Crippen molar-refractivity contribution in [1.29, 1.82) is 0 Å². The smallest absolute Gasteiger partial charge is 0.352 e. The molecule has 0 atom stereocenters. The van der Waals surface area contributed by atoms with Gasteiger partial charge in [-0.3, -0.25) is 4.72 Å². The Labute approximate surface area is 144 Å². The van der Waals surface area contributed by atoms with Gasteiger partial charge < -0.3 is 10.1 Å². The summed E-state index contributed by atoms with van der Waals surface area (Å²) in [5, 5.41) is 8.90. The number of carboxylic acid groups (broad SMARTS) is 1. The van der Waals surface area contributed by atoms with E-state index in [0.29, 0.717) is 5.69 Å². The SMILES string of the molecule is O=C(O)c1cc(S(=O)(=O)Nc2ccc3c(c2)Cc2ccccc2-3)c[nH]1. The largest absolute Gasteiger partial charge is 0.477 e. The Balaban J connectivity index is 1.63. The highest BCUT2D eigenvalue weighted by Crippen LogP contribution is 2.37. The number of aromatic amines is 1. The number of carboxylic acids is 1. The van der Waals surface area contributed by atoms with Crippen molar-refractivity contribution >= 4 is 21.7 Å². The number of hydrogen-bond acceptors (Lipinski definition) is 3. The lowest BCUT2D eigenvalue weighted by Crippen LogP contribution is -2.12. The molecular weight excluding hydrogens is 340 g/mol. The van der Waals surface area contributed by atoms with Crippen molar-refractivity contribution in [3.05, 3.63) is 71.5 Å². The van der Waals surface area contributed by atoms with Gasteiger partial charge in [-0.05, 0) is 46.9 Å². The number of anilines is 1. The van der Waals surface area contributed by atoms with Gasteiger partial charge >= 0.3 is 5.97 Å². The van der Waals surface area contributed by atoms with Crippen LogP contribution < -0.4 is 4.72 Å². The highest BCUT2D eigenvalue weighted by molar-refractivity contribution is 7.92. The van der Waals surface area contributed by atoms with E-state index in [1.165, 1.54) is 11.1 Å². The number of carbonyl (C=O) groups is 1. The van der Waals surface area contributed by atoms with E-state index >= 15 is 0 Å². The van der Waals surface area contributed by atoms with Crippen LogP contribution in [-0.4, -0.2) is 24.5 Å². The van der Waals surface area contributed by atoms with Gasteiger partial charge in [-0.2, -0.15) is 0 Å². The summed E-state index contributed by atoms with van der Waals surface area (Å²) in [7, 11) is -3.86. The summed E-state index contributed by atoms with van der Waals surface area (Å²) in [5.41, 5.74) is 4.82. The van der Waals surface area contributed by atoms with Crippen molar-refractivity contribution in [2.24, 2.45) is 0 Å². The standard InChI is InChI=1S/C18H14N2O4S/c21-18(22)17-9-14(10-19-17)25(23,24)20-13-5-6-16-12(8-13)7-11-3-1-2-4-15(11)16/h1-6,8-10,19-20H,7H2,(H,21,22). The maximum absolute atomic E-state index is 12.4. The topological polar surface area (TPSA) is 99.3 Å². The summed E-state index contributed by atoms with van der Waals surface area (Å²) in [4.78, 5) is 13.2. The second kappa shape index (κ2) is 5.49. The van der Waals surface area contributed by atoms with Crippen molar-refractivity contribution in [1.82, 2.24) is 4.98 Å².